The molecule has 6 heteroatoms. The first-order valence-corrected chi connectivity index (χ1v) is 11.1. The largest absolute Gasteiger partial charge is 0.497 e. The van der Waals surface area contributed by atoms with Crippen LogP contribution in [0.4, 0.5) is 11.4 Å². The number of pyridine rings is 1. The van der Waals surface area contributed by atoms with Crippen molar-refractivity contribution in [1.82, 2.24) is 10.3 Å². The van der Waals surface area contributed by atoms with Crippen molar-refractivity contribution in [3.05, 3.63) is 48.5 Å². The van der Waals surface area contributed by atoms with Crippen LogP contribution in [0.1, 0.15) is 6.42 Å². The molecular weight excluding hydrogens is 388 g/mol. The van der Waals surface area contributed by atoms with E-state index in [-0.39, 0.29) is 6.10 Å². The van der Waals surface area contributed by atoms with Gasteiger partial charge in [0.2, 0.25) is 0 Å². The third-order valence-corrected chi connectivity index (χ3v) is 6.46. The van der Waals surface area contributed by atoms with E-state index >= 15 is 0 Å². The number of nitrogens with one attached hydrogen (secondary N) is 1. The van der Waals surface area contributed by atoms with Crippen molar-refractivity contribution < 1.29 is 9.47 Å². The first-order valence-electron chi connectivity index (χ1n) is 11.1. The molecule has 1 N–H and O–H groups in total. The second-order valence-electron chi connectivity index (χ2n) is 8.29. The number of anilines is 2. The van der Waals surface area contributed by atoms with Gasteiger partial charge in [-0.2, -0.15) is 0 Å². The minimum absolute atomic E-state index is 0.281. The van der Waals surface area contributed by atoms with Gasteiger partial charge in [0.15, 0.2) is 0 Å². The fourth-order valence-corrected chi connectivity index (χ4v) is 4.63. The van der Waals surface area contributed by atoms with E-state index in [0.717, 1.165) is 73.6 Å². The Labute approximate surface area is 183 Å². The summed E-state index contributed by atoms with van der Waals surface area (Å²) < 4.78 is 11.1. The normalized spacial score (nSPS) is 19.2. The maximum Gasteiger partial charge on any atom is 0.121 e. The molecule has 0 bridgehead atoms. The number of rotatable bonds is 5. The molecule has 3 aromatic rings. The third-order valence-electron chi connectivity index (χ3n) is 6.46. The van der Waals surface area contributed by atoms with Crippen LogP contribution in [-0.2, 0) is 4.74 Å². The van der Waals surface area contributed by atoms with Gasteiger partial charge in [-0.15, -0.1) is 0 Å². The van der Waals surface area contributed by atoms with E-state index in [4.69, 9.17) is 14.5 Å². The predicted octanol–water partition coefficient (Wildman–Crippen LogP) is 3.55. The molecule has 0 saturated carbocycles. The fraction of sp³-hybridized carbons (Fsp3) is 0.400. The quantitative estimate of drug-likeness (QED) is 0.684. The van der Waals surface area contributed by atoms with Crippen LogP contribution in [0.5, 0.6) is 5.75 Å². The molecule has 3 heterocycles. The van der Waals surface area contributed by atoms with Gasteiger partial charge in [0.05, 0.1) is 24.4 Å². The molecular formula is C25H30N4O2. The summed E-state index contributed by atoms with van der Waals surface area (Å²) in [6, 6.07) is 17.2. The van der Waals surface area contributed by atoms with Crippen molar-refractivity contribution >= 4 is 22.3 Å². The summed E-state index contributed by atoms with van der Waals surface area (Å²) in [5.74, 6) is 0.827. The second kappa shape index (κ2) is 8.73. The molecule has 2 aliphatic heterocycles. The third kappa shape index (κ3) is 4.05. The molecule has 0 aliphatic carbocycles. The summed E-state index contributed by atoms with van der Waals surface area (Å²) in [6.45, 7) is 6.07. The van der Waals surface area contributed by atoms with Crippen LogP contribution >= 0.6 is 0 Å². The average Bonchev–Trinajstić information content (AvgIpc) is 3.33. The van der Waals surface area contributed by atoms with Gasteiger partial charge in [-0.05, 0) is 36.8 Å². The summed E-state index contributed by atoms with van der Waals surface area (Å²) >= 11 is 0. The molecule has 2 aromatic carbocycles. The number of hydrogen-bond acceptors (Lipinski definition) is 6. The maximum atomic E-state index is 5.61. The van der Waals surface area contributed by atoms with E-state index in [1.807, 2.05) is 12.1 Å². The smallest absolute Gasteiger partial charge is 0.121 e. The monoisotopic (exact) mass is 418 g/mol. The predicted molar refractivity (Wildman–Crippen MR) is 126 cm³/mol. The number of benzene rings is 2. The topological polar surface area (TPSA) is 49.9 Å². The van der Waals surface area contributed by atoms with E-state index in [1.54, 1.807) is 14.2 Å². The van der Waals surface area contributed by atoms with E-state index in [9.17, 15) is 0 Å². The number of methoxy groups -OCH3 is 2. The second-order valence-corrected chi connectivity index (χ2v) is 8.29. The van der Waals surface area contributed by atoms with Crippen LogP contribution in [0.25, 0.3) is 22.2 Å². The summed E-state index contributed by atoms with van der Waals surface area (Å²) in [5, 5.41) is 4.56. The van der Waals surface area contributed by atoms with Crippen LogP contribution in [0, 0.1) is 0 Å². The number of fused-ring (bicyclic) bond motifs is 1. The molecule has 31 heavy (non-hydrogen) atoms. The molecule has 2 saturated heterocycles. The maximum absolute atomic E-state index is 5.61. The van der Waals surface area contributed by atoms with Crippen molar-refractivity contribution in [2.24, 2.45) is 0 Å². The van der Waals surface area contributed by atoms with E-state index in [2.05, 4.69) is 51.5 Å². The zero-order valence-corrected chi connectivity index (χ0v) is 18.3. The van der Waals surface area contributed by atoms with Crippen molar-refractivity contribution in [2.75, 3.05) is 63.3 Å². The van der Waals surface area contributed by atoms with Crippen molar-refractivity contribution in [3.63, 3.8) is 0 Å². The first-order chi connectivity index (χ1) is 15.2. The summed E-state index contributed by atoms with van der Waals surface area (Å²) in [6.07, 6.45) is 1.33. The Morgan fingerprint density at radius 2 is 1.74 bits per heavy atom. The molecule has 1 aromatic heterocycles. The lowest BCUT2D eigenvalue weighted by Gasteiger charge is -2.29. The number of piperazine rings is 1. The Bertz CT molecular complexity index is 1050. The molecule has 1 unspecified atom stereocenters. The van der Waals surface area contributed by atoms with Crippen LogP contribution in [0.2, 0.25) is 0 Å². The Balaban J connectivity index is 1.53. The molecule has 1 atom stereocenters. The Morgan fingerprint density at radius 3 is 2.45 bits per heavy atom. The lowest BCUT2D eigenvalue weighted by molar-refractivity contribution is 0.121. The van der Waals surface area contributed by atoms with Gasteiger partial charge in [-0.1, -0.05) is 12.1 Å². The van der Waals surface area contributed by atoms with Crippen molar-refractivity contribution in [3.8, 4) is 17.0 Å². The van der Waals surface area contributed by atoms with Gasteiger partial charge < -0.3 is 24.6 Å². The van der Waals surface area contributed by atoms with Crippen molar-refractivity contribution in [1.29, 1.82) is 0 Å². The molecule has 0 spiro atoms. The fourth-order valence-electron chi connectivity index (χ4n) is 4.63. The highest BCUT2D eigenvalue weighted by atomic mass is 16.5. The Kier molecular flexibility index (Phi) is 5.66. The Hall–Kier alpha value is -2.83. The average molecular weight is 419 g/mol. The molecule has 0 amide bonds. The van der Waals surface area contributed by atoms with E-state index in [0.29, 0.717) is 0 Å². The van der Waals surface area contributed by atoms with Gasteiger partial charge in [-0.25, -0.2) is 4.98 Å². The minimum atomic E-state index is 0.281. The van der Waals surface area contributed by atoms with Crippen LogP contribution in [0.15, 0.2) is 48.5 Å². The lowest BCUT2D eigenvalue weighted by Crippen LogP contribution is -2.43. The number of aromatic nitrogens is 1. The number of hydrogen-bond donors (Lipinski definition) is 1. The highest BCUT2D eigenvalue weighted by Gasteiger charge is 2.24. The molecule has 2 aliphatic rings. The van der Waals surface area contributed by atoms with Gasteiger partial charge in [0.25, 0.3) is 0 Å². The Morgan fingerprint density at radius 1 is 0.935 bits per heavy atom. The molecule has 162 valence electrons. The van der Waals surface area contributed by atoms with Crippen LogP contribution < -0.4 is 19.9 Å². The van der Waals surface area contributed by atoms with Gasteiger partial charge >= 0.3 is 0 Å². The zero-order valence-electron chi connectivity index (χ0n) is 18.3. The summed E-state index contributed by atoms with van der Waals surface area (Å²) in [4.78, 5) is 9.86. The molecule has 2 fully saturated rings. The van der Waals surface area contributed by atoms with E-state index in [1.165, 1.54) is 11.4 Å². The van der Waals surface area contributed by atoms with Gasteiger partial charge in [-0.3, -0.25) is 0 Å². The molecule has 6 nitrogen and oxygen atoms in total. The van der Waals surface area contributed by atoms with Crippen LogP contribution in [0.3, 0.4) is 0 Å². The van der Waals surface area contributed by atoms with Gasteiger partial charge in [0.1, 0.15) is 5.75 Å². The number of ether oxygens (including phenoxy) is 2. The zero-order chi connectivity index (χ0) is 21.2. The van der Waals surface area contributed by atoms with E-state index < -0.39 is 0 Å². The van der Waals surface area contributed by atoms with Crippen molar-refractivity contribution in [2.45, 2.75) is 12.5 Å². The van der Waals surface area contributed by atoms with Crippen LogP contribution in [-0.4, -0.2) is 64.6 Å². The molecule has 5 rings (SSSR count). The summed E-state index contributed by atoms with van der Waals surface area (Å²) in [5.41, 5.74) is 5.57. The summed E-state index contributed by atoms with van der Waals surface area (Å²) in [7, 11) is 3.50. The SMILES string of the molecule is COc1ccc2c(N3CCC(OC)C3)cc(-c3ccc(N4CCNCC4)cc3)nc2c1. The molecule has 0 radical (unpaired) electrons. The minimum Gasteiger partial charge on any atom is -0.497 e. The highest BCUT2D eigenvalue weighted by molar-refractivity contribution is 5.95. The standard InChI is InChI=1S/C25H30N4O2/c1-30-20-7-8-22-24(15-20)27-23(16-25(22)29-12-9-21(17-29)31-2)18-3-5-19(6-4-18)28-13-10-26-11-14-28/h3-8,15-16,21,26H,9-14,17H2,1-2H3. The number of nitrogens with zero attached hydrogens (tertiary/aromatic N) is 3. The van der Waals surface area contributed by atoms with Gasteiger partial charge in [0, 0.05) is 74.8 Å². The highest BCUT2D eigenvalue weighted by Crippen LogP contribution is 2.35. The first kappa shape index (κ1) is 20.1. The lowest BCUT2D eigenvalue weighted by atomic mass is 10.1.